The number of carbonyl (C=O) groups is 1. The topological polar surface area (TPSA) is 66.6 Å². The van der Waals surface area contributed by atoms with Crippen LogP contribution in [0.1, 0.15) is 25.4 Å². The highest BCUT2D eigenvalue weighted by atomic mass is 32.2. The Morgan fingerprint density at radius 2 is 1.96 bits per heavy atom. The first-order chi connectivity index (χ1) is 11.5. The second-order valence-electron chi connectivity index (χ2n) is 6.14. The molecule has 0 bridgehead atoms. The van der Waals surface area contributed by atoms with E-state index in [4.69, 9.17) is 0 Å². The number of fused-ring (bicyclic) bond motifs is 1. The van der Waals surface area contributed by atoms with Crippen molar-refractivity contribution in [3.8, 4) is 0 Å². The molecule has 24 heavy (non-hydrogen) atoms. The van der Waals surface area contributed by atoms with Crippen molar-refractivity contribution in [2.24, 2.45) is 0 Å². The molecule has 1 fully saturated rings. The molecule has 1 aliphatic heterocycles. The lowest BCUT2D eigenvalue weighted by molar-refractivity contribution is -0.132. The van der Waals surface area contributed by atoms with E-state index in [2.05, 4.69) is 27.0 Å². The molecule has 0 saturated carbocycles. The first-order valence-corrected chi connectivity index (χ1v) is 9.24. The van der Waals surface area contributed by atoms with Crippen LogP contribution in [0, 0.1) is 13.8 Å². The van der Waals surface area contributed by atoms with Crippen LogP contribution in [-0.4, -0.2) is 73.3 Å². The van der Waals surface area contributed by atoms with E-state index in [-0.39, 0.29) is 11.2 Å². The van der Waals surface area contributed by atoms with Crippen molar-refractivity contribution >= 4 is 23.3 Å². The van der Waals surface area contributed by atoms with Gasteiger partial charge in [-0.05, 0) is 27.3 Å². The van der Waals surface area contributed by atoms with E-state index in [0.29, 0.717) is 0 Å². The number of aromatic nitrogens is 4. The van der Waals surface area contributed by atoms with Crippen LogP contribution in [0.3, 0.4) is 0 Å². The van der Waals surface area contributed by atoms with E-state index in [1.165, 1.54) is 11.8 Å². The normalized spacial score (nSPS) is 17.4. The van der Waals surface area contributed by atoms with Crippen LogP contribution in [-0.2, 0) is 4.79 Å². The summed E-state index contributed by atoms with van der Waals surface area (Å²) in [6.07, 6.45) is 0. The molecule has 1 saturated heterocycles. The van der Waals surface area contributed by atoms with Crippen molar-refractivity contribution in [2.75, 3.05) is 32.7 Å². The van der Waals surface area contributed by atoms with Crippen molar-refractivity contribution in [3.05, 3.63) is 17.6 Å². The first-order valence-electron chi connectivity index (χ1n) is 8.36. The lowest BCUT2D eigenvalue weighted by Crippen LogP contribution is -2.50. The zero-order valence-electron chi connectivity index (χ0n) is 14.7. The number of thioether (sulfide) groups is 1. The molecular formula is C16H24N6OS. The van der Waals surface area contributed by atoms with Gasteiger partial charge in [0, 0.05) is 37.9 Å². The van der Waals surface area contributed by atoms with Crippen LogP contribution < -0.4 is 0 Å². The van der Waals surface area contributed by atoms with Crippen molar-refractivity contribution in [3.63, 3.8) is 0 Å². The molecule has 0 N–H and O–H groups in total. The molecule has 8 heteroatoms. The molecule has 0 aliphatic carbocycles. The maximum atomic E-state index is 12.7. The Hall–Kier alpha value is -1.67. The Morgan fingerprint density at radius 3 is 2.62 bits per heavy atom. The van der Waals surface area contributed by atoms with Gasteiger partial charge in [0.1, 0.15) is 5.82 Å². The number of hydrogen-bond donors (Lipinski definition) is 0. The molecule has 0 radical (unpaired) electrons. The number of hydrogen-bond acceptors (Lipinski definition) is 6. The largest absolute Gasteiger partial charge is 0.339 e. The van der Waals surface area contributed by atoms with E-state index < -0.39 is 0 Å². The van der Waals surface area contributed by atoms with Gasteiger partial charge in [-0.15, -0.1) is 10.2 Å². The first kappa shape index (κ1) is 17.2. The Kier molecular flexibility index (Phi) is 5.05. The van der Waals surface area contributed by atoms with Gasteiger partial charge in [0.05, 0.1) is 5.25 Å². The third-order valence-corrected chi connectivity index (χ3v) is 5.45. The van der Waals surface area contributed by atoms with E-state index in [1.807, 2.05) is 36.1 Å². The number of rotatable bonds is 4. The van der Waals surface area contributed by atoms with Gasteiger partial charge in [-0.2, -0.15) is 0 Å². The summed E-state index contributed by atoms with van der Waals surface area (Å²) in [7, 11) is 0. The molecule has 2 aromatic heterocycles. The van der Waals surface area contributed by atoms with Gasteiger partial charge in [0.2, 0.25) is 5.91 Å². The van der Waals surface area contributed by atoms with Gasteiger partial charge in [0.25, 0.3) is 0 Å². The summed E-state index contributed by atoms with van der Waals surface area (Å²) < 4.78 is 1.91. The molecule has 1 aliphatic rings. The van der Waals surface area contributed by atoms with Crippen LogP contribution in [0.2, 0.25) is 0 Å². The Labute approximate surface area is 146 Å². The van der Waals surface area contributed by atoms with Crippen LogP contribution in [0.4, 0.5) is 0 Å². The summed E-state index contributed by atoms with van der Waals surface area (Å²) >= 11 is 1.45. The highest BCUT2D eigenvalue weighted by Gasteiger charge is 2.26. The fourth-order valence-corrected chi connectivity index (χ4v) is 4.01. The van der Waals surface area contributed by atoms with E-state index in [0.717, 1.165) is 55.0 Å². The minimum absolute atomic E-state index is 0.172. The van der Waals surface area contributed by atoms with Gasteiger partial charge < -0.3 is 9.80 Å². The Balaban J connectivity index is 1.71. The van der Waals surface area contributed by atoms with Gasteiger partial charge in [0.15, 0.2) is 10.8 Å². The van der Waals surface area contributed by atoms with Gasteiger partial charge in [-0.1, -0.05) is 18.7 Å². The van der Waals surface area contributed by atoms with Crippen LogP contribution in [0.5, 0.6) is 0 Å². The maximum absolute atomic E-state index is 12.7. The second-order valence-corrected chi connectivity index (χ2v) is 7.45. The quantitative estimate of drug-likeness (QED) is 0.778. The molecule has 1 atom stereocenters. The van der Waals surface area contributed by atoms with Crippen molar-refractivity contribution in [1.82, 2.24) is 29.4 Å². The molecule has 1 amide bonds. The molecule has 1 unspecified atom stereocenters. The standard InChI is InChI=1S/C16H24N6OS/c1-5-20-6-8-21(9-7-20)15(23)12(3)24-16-19-18-14-10-11(2)17-13(4)22(14)16/h10,12H,5-9H2,1-4H3. The summed E-state index contributed by atoms with van der Waals surface area (Å²) in [6.45, 7) is 12.5. The van der Waals surface area contributed by atoms with E-state index in [9.17, 15) is 4.79 Å². The zero-order valence-corrected chi connectivity index (χ0v) is 15.5. The average molecular weight is 348 g/mol. The number of nitrogens with zero attached hydrogens (tertiary/aromatic N) is 6. The molecule has 0 aromatic carbocycles. The summed E-state index contributed by atoms with van der Waals surface area (Å²) in [4.78, 5) is 21.5. The molecular weight excluding hydrogens is 324 g/mol. The molecule has 0 spiro atoms. The third kappa shape index (κ3) is 3.39. The van der Waals surface area contributed by atoms with Gasteiger partial charge in [-0.25, -0.2) is 4.98 Å². The van der Waals surface area contributed by atoms with Crippen molar-refractivity contribution in [2.45, 2.75) is 38.1 Å². The predicted octanol–water partition coefficient (Wildman–Crippen LogP) is 1.39. The zero-order chi connectivity index (χ0) is 17.3. The lowest BCUT2D eigenvalue weighted by atomic mass is 10.3. The minimum atomic E-state index is -0.189. The lowest BCUT2D eigenvalue weighted by Gasteiger charge is -2.35. The average Bonchev–Trinajstić information content (AvgIpc) is 2.97. The number of likely N-dealkylation sites (N-methyl/N-ethyl adjacent to an activating group) is 1. The second kappa shape index (κ2) is 7.06. The Morgan fingerprint density at radius 1 is 1.25 bits per heavy atom. The number of aryl methyl sites for hydroxylation is 2. The third-order valence-electron chi connectivity index (χ3n) is 4.42. The number of piperazine rings is 1. The van der Waals surface area contributed by atoms with Crippen molar-refractivity contribution < 1.29 is 4.79 Å². The van der Waals surface area contributed by atoms with E-state index >= 15 is 0 Å². The molecule has 7 nitrogen and oxygen atoms in total. The monoisotopic (exact) mass is 348 g/mol. The highest BCUT2D eigenvalue weighted by molar-refractivity contribution is 8.00. The fraction of sp³-hybridized carbons (Fsp3) is 0.625. The number of amides is 1. The van der Waals surface area contributed by atoms with Gasteiger partial charge >= 0.3 is 0 Å². The molecule has 3 rings (SSSR count). The molecule has 130 valence electrons. The van der Waals surface area contributed by atoms with Crippen molar-refractivity contribution in [1.29, 1.82) is 0 Å². The van der Waals surface area contributed by atoms with E-state index in [1.54, 1.807) is 0 Å². The van der Waals surface area contributed by atoms with Crippen LogP contribution in [0.15, 0.2) is 11.2 Å². The Bertz CT molecular complexity index is 737. The van der Waals surface area contributed by atoms with Crippen LogP contribution >= 0.6 is 11.8 Å². The summed E-state index contributed by atoms with van der Waals surface area (Å²) in [5, 5.41) is 8.99. The molecule has 2 aromatic rings. The highest BCUT2D eigenvalue weighted by Crippen LogP contribution is 2.24. The summed E-state index contributed by atoms with van der Waals surface area (Å²) in [6, 6.07) is 1.90. The number of carbonyl (C=O) groups excluding carboxylic acids is 1. The maximum Gasteiger partial charge on any atom is 0.235 e. The minimum Gasteiger partial charge on any atom is -0.339 e. The molecule has 3 heterocycles. The summed E-state index contributed by atoms with van der Waals surface area (Å²) in [5.74, 6) is 1.01. The van der Waals surface area contributed by atoms with Crippen LogP contribution in [0.25, 0.3) is 5.65 Å². The van der Waals surface area contributed by atoms with Gasteiger partial charge in [-0.3, -0.25) is 9.20 Å². The predicted molar refractivity (Wildman–Crippen MR) is 94.3 cm³/mol. The SMILES string of the molecule is CCN1CCN(C(=O)C(C)Sc2nnc3cc(C)nc(C)n23)CC1. The smallest absolute Gasteiger partial charge is 0.235 e. The summed E-state index contributed by atoms with van der Waals surface area (Å²) in [5.41, 5.74) is 1.69. The fourth-order valence-electron chi connectivity index (χ4n) is 3.03.